The summed E-state index contributed by atoms with van der Waals surface area (Å²) >= 11 is 0. The highest BCUT2D eigenvalue weighted by Crippen LogP contribution is 2.14. The monoisotopic (exact) mass is 256 g/mol. The smallest absolute Gasteiger partial charge is 0.372 e. The fourth-order valence-electron chi connectivity index (χ4n) is 0.994. The lowest BCUT2D eigenvalue weighted by molar-refractivity contribution is -0.173. The molecule has 0 rings (SSSR count). The van der Waals surface area contributed by atoms with Crippen LogP contribution in [0.25, 0.3) is 0 Å². The van der Waals surface area contributed by atoms with Crippen LogP contribution in [0.2, 0.25) is 0 Å². The molecule has 0 aromatic heterocycles. The molecule has 0 aliphatic carbocycles. The van der Waals surface area contributed by atoms with Crippen LogP contribution in [0.4, 0.5) is 13.2 Å². The minimum atomic E-state index is -4.27. The van der Waals surface area contributed by atoms with E-state index in [-0.39, 0.29) is 19.1 Å². The molecule has 7 heteroatoms. The molecule has 0 spiro atoms. The molecule has 102 valence electrons. The van der Waals surface area contributed by atoms with Crippen molar-refractivity contribution in [3.63, 3.8) is 0 Å². The van der Waals surface area contributed by atoms with Gasteiger partial charge in [0.15, 0.2) is 0 Å². The number of hydrogen-bond acceptors (Lipinski definition) is 3. The van der Waals surface area contributed by atoms with E-state index in [4.69, 9.17) is 0 Å². The van der Waals surface area contributed by atoms with E-state index in [1.165, 1.54) is 0 Å². The van der Waals surface area contributed by atoms with Gasteiger partial charge in [0, 0.05) is 20.2 Å². The molecule has 1 N–H and O–H groups in total. The molecule has 0 unspecified atom stereocenters. The molecule has 0 atom stereocenters. The summed E-state index contributed by atoms with van der Waals surface area (Å²) in [5, 5.41) is 2.85. The van der Waals surface area contributed by atoms with E-state index < -0.39 is 12.8 Å². The van der Waals surface area contributed by atoms with Crippen molar-refractivity contribution in [1.82, 2.24) is 10.2 Å². The second-order valence-electron chi connectivity index (χ2n) is 3.61. The number of nitrogens with zero attached hydrogens (tertiary/aromatic N) is 1. The first-order valence-corrected chi connectivity index (χ1v) is 5.46. The van der Waals surface area contributed by atoms with Crippen molar-refractivity contribution in [3.05, 3.63) is 0 Å². The topological polar surface area (TPSA) is 41.6 Å². The van der Waals surface area contributed by atoms with E-state index in [9.17, 15) is 18.0 Å². The number of nitrogens with one attached hydrogen (secondary N) is 1. The second kappa shape index (κ2) is 8.30. The molecule has 17 heavy (non-hydrogen) atoms. The van der Waals surface area contributed by atoms with Gasteiger partial charge in [-0.2, -0.15) is 13.2 Å². The zero-order chi connectivity index (χ0) is 13.3. The quantitative estimate of drug-likeness (QED) is 0.659. The predicted octanol–water partition coefficient (Wildman–Crippen LogP) is 1.02. The van der Waals surface area contributed by atoms with Gasteiger partial charge >= 0.3 is 6.18 Å². The molecule has 0 heterocycles. The maximum absolute atomic E-state index is 11.7. The summed E-state index contributed by atoms with van der Waals surface area (Å²) in [5.41, 5.74) is 0. The second-order valence-corrected chi connectivity index (χ2v) is 3.61. The van der Waals surface area contributed by atoms with Crippen LogP contribution in [0.5, 0.6) is 0 Å². The third-order valence-corrected chi connectivity index (χ3v) is 2.08. The van der Waals surface area contributed by atoms with Crippen LogP contribution in [0.15, 0.2) is 0 Å². The van der Waals surface area contributed by atoms with E-state index in [0.29, 0.717) is 19.5 Å². The predicted molar refractivity (Wildman–Crippen MR) is 57.7 cm³/mol. The van der Waals surface area contributed by atoms with E-state index in [1.54, 1.807) is 11.9 Å². The highest BCUT2D eigenvalue weighted by atomic mass is 19.4. The first-order chi connectivity index (χ1) is 7.87. The Labute approximate surface area is 99.1 Å². The van der Waals surface area contributed by atoms with Gasteiger partial charge in [-0.3, -0.25) is 4.79 Å². The fraction of sp³-hybridized carbons (Fsp3) is 0.900. The SMILES string of the molecule is CCN(C)C(=O)CNCCCOCC(F)(F)F. The Bertz CT molecular complexity index is 222. The third kappa shape index (κ3) is 10.1. The van der Waals surface area contributed by atoms with Crippen molar-refractivity contribution in [2.45, 2.75) is 19.5 Å². The van der Waals surface area contributed by atoms with Gasteiger partial charge in [-0.15, -0.1) is 0 Å². The number of amides is 1. The standard InChI is InChI=1S/C10H19F3N2O2/c1-3-15(2)9(16)7-14-5-4-6-17-8-10(11,12)13/h14H,3-8H2,1-2H3. The van der Waals surface area contributed by atoms with Crippen LogP contribution in [0.3, 0.4) is 0 Å². The molecule has 4 nitrogen and oxygen atoms in total. The molecule has 0 bridgehead atoms. The Kier molecular flexibility index (Phi) is 7.90. The highest BCUT2D eigenvalue weighted by molar-refractivity contribution is 5.77. The van der Waals surface area contributed by atoms with Crippen molar-refractivity contribution in [1.29, 1.82) is 0 Å². The van der Waals surface area contributed by atoms with Gasteiger partial charge in [0.2, 0.25) is 5.91 Å². The number of alkyl halides is 3. The molecule has 0 radical (unpaired) electrons. The summed E-state index contributed by atoms with van der Waals surface area (Å²) in [6.07, 6.45) is -3.83. The lowest BCUT2D eigenvalue weighted by Crippen LogP contribution is -2.35. The summed E-state index contributed by atoms with van der Waals surface area (Å²) in [4.78, 5) is 12.8. The van der Waals surface area contributed by atoms with E-state index >= 15 is 0 Å². The zero-order valence-electron chi connectivity index (χ0n) is 10.1. The summed E-state index contributed by atoms with van der Waals surface area (Å²) in [7, 11) is 1.69. The fourth-order valence-corrected chi connectivity index (χ4v) is 0.994. The van der Waals surface area contributed by atoms with E-state index in [0.717, 1.165) is 0 Å². The molecular weight excluding hydrogens is 237 g/mol. The Morgan fingerprint density at radius 1 is 1.41 bits per heavy atom. The van der Waals surface area contributed by atoms with Gasteiger partial charge in [0.25, 0.3) is 0 Å². The average Bonchev–Trinajstić information content (AvgIpc) is 2.24. The number of ether oxygens (including phenoxy) is 1. The number of carbonyl (C=O) groups excluding carboxylic acids is 1. The largest absolute Gasteiger partial charge is 0.411 e. The van der Waals surface area contributed by atoms with Crippen molar-refractivity contribution < 1.29 is 22.7 Å². The summed E-state index contributed by atoms with van der Waals surface area (Å²) in [5.74, 6) is -0.0382. The highest BCUT2D eigenvalue weighted by Gasteiger charge is 2.27. The van der Waals surface area contributed by atoms with Crippen molar-refractivity contribution in [3.8, 4) is 0 Å². The minimum Gasteiger partial charge on any atom is -0.372 e. The first-order valence-electron chi connectivity index (χ1n) is 5.46. The number of likely N-dealkylation sites (N-methyl/N-ethyl adjacent to an activating group) is 1. The minimum absolute atomic E-state index is 0.0321. The molecule has 0 saturated heterocycles. The molecule has 0 aliphatic heterocycles. The zero-order valence-corrected chi connectivity index (χ0v) is 10.1. The van der Waals surface area contributed by atoms with Crippen LogP contribution in [0, 0.1) is 0 Å². The number of rotatable bonds is 8. The van der Waals surface area contributed by atoms with Crippen molar-refractivity contribution >= 4 is 5.91 Å². The molecule has 0 aromatic carbocycles. The van der Waals surface area contributed by atoms with Gasteiger partial charge in [0.1, 0.15) is 6.61 Å². The Balaban J connectivity index is 3.33. The average molecular weight is 256 g/mol. The Morgan fingerprint density at radius 2 is 2.06 bits per heavy atom. The summed E-state index contributed by atoms with van der Waals surface area (Å²) in [6.45, 7) is 1.97. The third-order valence-electron chi connectivity index (χ3n) is 2.08. The van der Waals surface area contributed by atoms with Gasteiger partial charge in [-0.05, 0) is 19.9 Å². The molecule has 0 fully saturated rings. The summed E-state index contributed by atoms with van der Waals surface area (Å²) < 4.78 is 39.4. The molecule has 0 aliphatic rings. The van der Waals surface area contributed by atoms with Crippen LogP contribution in [0.1, 0.15) is 13.3 Å². The number of carbonyl (C=O) groups is 1. The lowest BCUT2D eigenvalue weighted by Gasteiger charge is -2.14. The van der Waals surface area contributed by atoms with Crippen LogP contribution < -0.4 is 5.32 Å². The molecule has 0 aromatic rings. The van der Waals surface area contributed by atoms with Gasteiger partial charge < -0.3 is 15.0 Å². The Hall–Kier alpha value is -0.820. The Morgan fingerprint density at radius 3 is 2.59 bits per heavy atom. The maximum Gasteiger partial charge on any atom is 0.411 e. The maximum atomic E-state index is 11.7. The summed E-state index contributed by atoms with van der Waals surface area (Å²) in [6, 6.07) is 0. The van der Waals surface area contributed by atoms with Crippen LogP contribution >= 0.6 is 0 Å². The number of hydrogen-bond donors (Lipinski definition) is 1. The van der Waals surface area contributed by atoms with E-state index in [1.807, 2.05) is 6.92 Å². The van der Waals surface area contributed by atoms with Gasteiger partial charge in [-0.1, -0.05) is 0 Å². The first kappa shape index (κ1) is 16.2. The lowest BCUT2D eigenvalue weighted by atomic mass is 10.4. The van der Waals surface area contributed by atoms with Crippen molar-refractivity contribution in [2.24, 2.45) is 0 Å². The van der Waals surface area contributed by atoms with E-state index in [2.05, 4.69) is 10.1 Å². The molecular formula is C10H19F3N2O2. The normalized spacial score (nSPS) is 11.6. The van der Waals surface area contributed by atoms with Crippen LogP contribution in [-0.4, -0.2) is 56.9 Å². The van der Waals surface area contributed by atoms with Crippen LogP contribution in [-0.2, 0) is 9.53 Å². The molecule has 1 amide bonds. The molecule has 0 saturated carbocycles. The van der Waals surface area contributed by atoms with Crippen molar-refractivity contribution in [2.75, 3.05) is 39.9 Å². The van der Waals surface area contributed by atoms with Gasteiger partial charge in [0.05, 0.1) is 6.54 Å². The number of halogens is 3. The van der Waals surface area contributed by atoms with Gasteiger partial charge in [-0.25, -0.2) is 0 Å².